The fourth-order valence-electron chi connectivity index (χ4n) is 3.65. The molecule has 0 bridgehead atoms. The summed E-state index contributed by atoms with van der Waals surface area (Å²) in [5.41, 5.74) is 1.62. The summed E-state index contributed by atoms with van der Waals surface area (Å²) in [6.45, 7) is 1.78. The van der Waals surface area contributed by atoms with E-state index < -0.39 is 0 Å². The molecule has 7 heteroatoms. The molecule has 4 rings (SSSR count). The Hall–Kier alpha value is -2.41. The maximum atomic E-state index is 12.7. The molecule has 0 saturated carbocycles. The Morgan fingerprint density at radius 1 is 1.22 bits per heavy atom. The van der Waals surface area contributed by atoms with Gasteiger partial charge in [0, 0.05) is 43.1 Å². The molecule has 1 aliphatic rings. The number of carbonyl (C=O) groups excluding carboxylic acids is 1. The Bertz CT molecular complexity index is 977. The topological polar surface area (TPSA) is 54.3 Å². The van der Waals surface area contributed by atoms with E-state index in [9.17, 15) is 4.79 Å². The number of imidazole rings is 1. The minimum Gasteiger partial charge on any atom is -0.356 e. The predicted molar refractivity (Wildman–Crippen MR) is 110 cm³/mol. The molecule has 27 heavy (non-hydrogen) atoms. The van der Waals surface area contributed by atoms with Crippen LogP contribution < -0.4 is 4.90 Å². The van der Waals surface area contributed by atoms with Crippen LogP contribution >= 0.6 is 15.9 Å². The van der Waals surface area contributed by atoms with Crippen molar-refractivity contribution in [3.05, 3.63) is 53.0 Å². The number of anilines is 1. The summed E-state index contributed by atoms with van der Waals surface area (Å²) in [4.78, 5) is 25.7. The van der Waals surface area contributed by atoms with Crippen molar-refractivity contribution in [3.8, 4) is 0 Å². The van der Waals surface area contributed by atoms with Gasteiger partial charge in [-0.2, -0.15) is 0 Å². The number of nitrogens with zero attached hydrogens (tertiary/aromatic N) is 5. The van der Waals surface area contributed by atoms with E-state index in [2.05, 4.69) is 44.0 Å². The summed E-state index contributed by atoms with van der Waals surface area (Å²) in [5.74, 6) is 1.03. The molecule has 6 nitrogen and oxygen atoms in total. The van der Waals surface area contributed by atoms with Gasteiger partial charge >= 0.3 is 0 Å². The van der Waals surface area contributed by atoms with Gasteiger partial charge in [0.05, 0.1) is 18.0 Å². The molecule has 0 spiro atoms. The maximum absolute atomic E-state index is 12.7. The largest absolute Gasteiger partial charge is 0.356 e. The van der Waals surface area contributed by atoms with Gasteiger partial charge in [0.2, 0.25) is 0 Å². The van der Waals surface area contributed by atoms with E-state index in [1.165, 1.54) is 0 Å². The van der Waals surface area contributed by atoms with E-state index in [0.717, 1.165) is 47.1 Å². The van der Waals surface area contributed by atoms with Crippen molar-refractivity contribution >= 4 is 38.6 Å². The van der Waals surface area contributed by atoms with Crippen LogP contribution in [0.1, 0.15) is 23.3 Å². The number of hydrogen-bond donors (Lipinski definition) is 0. The minimum absolute atomic E-state index is 0.0298. The van der Waals surface area contributed by atoms with Crippen molar-refractivity contribution in [1.82, 2.24) is 19.4 Å². The molecule has 2 aromatic heterocycles. The molecule has 1 aliphatic heterocycles. The lowest BCUT2D eigenvalue weighted by atomic mass is 10.0. The highest BCUT2D eigenvalue weighted by Crippen LogP contribution is 2.25. The zero-order valence-corrected chi connectivity index (χ0v) is 17.1. The summed E-state index contributed by atoms with van der Waals surface area (Å²) < 4.78 is 2.80. The van der Waals surface area contributed by atoms with Gasteiger partial charge in [0.1, 0.15) is 11.5 Å². The van der Waals surface area contributed by atoms with Crippen LogP contribution in [0.2, 0.25) is 0 Å². The number of rotatable bonds is 3. The van der Waals surface area contributed by atoms with Gasteiger partial charge in [0.15, 0.2) is 0 Å². The van der Waals surface area contributed by atoms with Gasteiger partial charge in [-0.25, -0.2) is 9.97 Å². The van der Waals surface area contributed by atoms with E-state index in [1.807, 2.05) is 31.1 Å². The van der Waals surface area contributed by atoms with Crippen LogP contribution in [-0.4, -0.2) is 51.5 Å². The number of carbonyl (C=O) groups is 1. The van der Waals surface area contributed by atoms with Gasteiger partial charge in [-0.3, -0.25) is 4.79 Å². The van der Waals surface area contributed by atoms with Gasteiger partial charge in [-0.05, 0) is 37.1 Å². The SMILES string of the molecule is CN(C(=O)c1cncn1C)C1CCN(c2ccc3ccc(Br)cc3n2)CC1. The van der Waals surface area contributed by atoms with E-state index in [-0.39, 0.29) is 11.9 Å². The second-order valence-electron chi connectivity index (χ2n) is 7.03. The Morgan fingerprint density at radius 3 is 2.67 bits per heavy atom. The Kier molecular flexibility index (Phi) is 4.86. The molecule has 0 N–H and O–H groups in total. The zero-order chi connectivity index (χ0) is 19.0. The fraction of sp³-hybridized carbons (Fsp3) is 0.350. The zero-order valence-electron chi connectivity index (χ0n) is 15.5. The molecule has 1 fully saturated rings. The molecule has 0 radical (unpaired) electrons. The maximum Gasteiger partial charge on any atom is 0.272 e. The quantitative estimate of drug-likeness (QED) is 0.641. The number of amides is 1. The van der Waals surface area contributed by atoms with Crippen LogP contribution in [0.4, 0.5) is 5.82 Å². The van der Waals surface area contributed by atoms with Crippen molar-refractivity contribution < 1.29 is 4.79 Å². The Balaban J connectivity index is 1.44. The highest BCUT2D eigenvalue weighted by molar-refractivity contribution is 9.10. The van der Waals surface area contributed by atoms with Gasteiger partial charge < -0.3 is 14.4 Å². The molecule has 1 amide bonds. The second-order valence-corrected chi connectivity index (χ2v) is 7.95. The lowest BCUT2D eigenvalue weighted by Gasteiger charge is -2.37. The van der Waals surface area contributed by atoms with Crippen molar-refractivity contribution in [2.45, 2.75) is 18.9 Å². The number of aryl methyl sites for hydroxylation is 1. The third kappa shape index (κ3) is 3.56. The van der Waals surface area contributed by atoms with Gasteiger partial charge in [-0.1, -0.05) is 22.0 Å². The number of piperidine rings is 1. The van der Waals surface area contributed by atoms with Crippen molar-refractivity contribution in [2.75, 3.05) is 25.0 Å². The monoisotopic (exact) mass is 427 g/mol. The molecule has 0 aliphatic carbocycles. The number of aromatic nitrogens is 3. The Morgan fingerprint density at radius 2 is 1.96 bits per heavy atom. The summed E-state index contributed by atoms with van der Waals surface area (Å²) in [6.07, 6.45) is 5.15. The third-order valence-electron chi connectivity index (χ3n) is 5.33. The van der Waals surface area contributed by atoms with Crippen molar-refractivity contribution in [1.29, 1.82) is 0 Å². The summed E-state index contributed by atoms with van der Waals surface area (Å²) in [7, 11) is 3.74. The van der Waals surface area contributed by atoms with E-state index in [1.54, 1.807) is 17.1 Å². The lowest BCUT2D eigenvalue weighted by Crippen LogP contribution is -2.46. The van der Waals surface area contributed by atoms with Crippen molar-refractivity contribution in [2.24, 2.45) is 7.05 Å². The molecule has 0 atom stereocenters. The van der Waals surface area contributed by atoms with E-state index in [4.69, 9.17) is 4.98 Å². The van der Waals surface area contributed by atoms with Crippen molar-refractivity contribution in [3.63, 3.8) is 0 Å². The molecule has 3 heterocycles. The minimum atomic E-state index is 0.0298. The van der Waals surface area contributed by atoms with E-state index in [0.29, 0.717) is 5.69 Å². The molecule has 3 aromatic rings. The van der Waals surface area contributed by atoms with Gasteiger partial charge in [0.25, 0.3) is 5.91 Å². The Labute approximate surface area is 166 Å². The molecule has 0 unspecified atom stereocenters. The first kappa shape index (κ1) is 18.0. The van der Waals surface area contributed by atoms with Crippen LogP contribution in [0.5, 0.6) is 0 Å². The molecule has 140 valence electrons. The number of fused-ring (bicyclic) bond motifs is 1. The van der Waals surface area contributed by atoms with Crippen LogP contribution in [-0.2, 0) is 7.05 Å². The standard InChI is InChI=1S/C20H22BrN5O/c1-24-13-22-12-18(24)20(27)25(2)16-7-9-26(10-8-16)19-6-4-14-3-5-15(21)11-17(14)23-19/h3-6,11-13,16H,7-10H2,1-2H3. The van der Waals surface area contributed by atoms with Gasteiger partial charge in [-0.15, -0.1) is 0 Å². The average molecular weight is 428 g/mol. The summed E-state index contributed by atoms with van der Waals surface area (Å²) in [5, 5.41) is 1.14. The summed E-state index contributed by atoms with van der Waals surface area (Å²) in [6, 6.07) is 10.6. The molecule has 1 saturated heterocycles. The molecular weight excluding hydrogens is 406 g/mol. The third-order valence-corrected chi connectivity index (χ3v) is 5.83. The van der Waals surface area contributed by atoms with E-state index >= 15 is 0 Å². The molecular formula is C20H22BrN5O. The summed E-state index contributed by atoms with van der Waals surface area (Å²) >= 11 is 3.51. The normalized spacial score (nSPS) is 15.3. The first-order valence-electron chi connectivity index (χ1n) is 9.07. The first-order chi connectivity index (χ1) is 13.0. The van der Waals surface area contributed by atoms with Crippen LogP contribution in [0, 0.1) is 0 Å². The number of pyridine rings is 1. The smallest absolute Gasteiger partial charge is 0.272 e. The van der Waals surface area contributed by atoms with Crippen LogP contribution in [0.25, 0.3) is 10.9 Å². The van der Waals surface area contributed by atoms with Crippen LogP contribution in [0.3, 0.4) is 0 Å². The van der Waals surface area contributed by atoms with Crippen LogP contribution in [0.15, 0.2) is 47.3 Å². The number of halogens is 1. The molecule has 1 aromatic carbocycles. The number of benzene rings is 1. The lowest BCUT2D eigenvalue weighted by molar-refractivity contribution is 0.0699. The highest BCUT2D eigenvalue weighted by atomic mass is 79.9. The second kappa shape index (κ2) is 7.31. The first-order valence-corrected chi connectivity index (χ1v) is 9.87. The fourth-order valence-corrected chi connectivity index (χ4v) is 4.00. The predicted octanol–water partition coefficient (Wildman–Crippen LogP) is 3.47. The average Bonchev–Trinajstić information content (AvgIpc) is 3.12. The highest BCUT2D eigenvalue weighted by Gasteiger charge is 2.27. The number of hydrogen-bond acceptors (Lipinski definition) is 4.